The zero-order valence-electron chi connectivity index (χ0n) is 17.1. The molecule has 6 nitrogen and oxygen atoms in total. The molecule has 0 heterocycles. The molecule has 3 N–H and O–H groups in total. The van der Waals surface area contributed by atoms with Crippen molar-refractivity contribution in [3.8, 4) is 0 Å². The van der Waals surface area contributed by atoms with Crippen LogP contribution in [0.1, 0.15) is 29.8 Å². The van der Waals surface area contributed by atoms with E-state index in [4.69, 9.17) is 16.4 Å². The third kappa shape index (κ3) is 5.51. The standard InChI is InChI=1S/C21H24BrClFN3O3/c1-6-27(5)17-10-14(20(29)26-30-21(3,4)11-28)19(18(24)12(17)2)25-16-8-7-13(22)9-15(16)23/h6-10,25,28H,1,11H2,2-5H3,(H,26,29). The van der Waals surface area contributed by atoms with Gasteiger partial charge in [0.1, 0.15) is 5.60 Å². The van der Waals surface area contributed by atoms with E-state index in [0.29, 0.717) is 22.0 Å². The molecule has 162 valence electrons. The Morgan fingerprint density at radius 2 is 2.10 bits per heavy atom. The summed E-state index contributed by atoms with van der Waals surface area (Å²) < 4.78 is 16.1. The molecule has 0 saturated carbocycles. The number of hydrogen-bond donors (Lipinski definition) is 3. The maximum Gasteiger partial charge on any atom is 0.277 e. The van der Waals surface area contributed by atoms with E-state index in [9.17, 15) is 9.90 Å². The third-order valence-electron chi connectivity index (χ3n) is 4.37. The molecule has 1 amide bonds. The number of rotatable bonds is 8. The van der Waals surface area contributed by atoms with Crippen LogP contribution in [0.25, 0.3) is 0 Å². The molecule has 0 fully saturated rings. The number of halogens is 3. The maximum atomic E-state index is 15.4. The molecule has 0 saturated heterocycles. The van der Waals surface area contributed by atoms with Crippen molar-refractivity contribution in [1.82, 2.24) is 5.48 Å². The Bertz CT molecular complexity index is 969. The van der Waals surface area contributed by atoms with Crippen LogP contribution in [0.15, 0.2) is 41.5 Å². The SMILES string of the molecule is C=CN(C)c1cc(C(=O)NOC(C)(C)CO)c(Nc2ccc(Br)cc2Cl)c(F)c1C. The number of hydroxylamine groups is 1. The molecule has 2 rings (SSSR count). The van der Waals surface area contributed by atoms with Crippen molar-refractivity contribution in [2.24, 2.45) is 0 Å². The highest BCUT2D eigenvalue weighted by Crippen LogP contribution is 2.36. The Balaban J connectivity index is 2.56. The van der Waals surface area contributed by atoms with Crippen molar-refractivity contribution in [3.05, 3.63) is 63.5 Å². The van der Waals surface area contributed by atoms with Gasteiger partial charge in [-0.05, 0) is 51.2 Å². The average molecular weight is 501 g/mol. The molecule has 0 aliphatic heterocycles. The molecule has 0 aliphatic rings. The summed E-state index contributed by atoms with van der Waals surface area (Å²) >= 11 is 9.58. The predicted molar refractivity (Wildman–Crippen MR) is 122 cm³/mol. The highest BCUT2D eigenvalue weighted by atomic mass is 79.9. The zero-order valence-corrected chi connectivity index (χ0v) is 19.5. The minimum atomic E-state index is -1.01. The lowest BCUT2D eigenvalue weighted by atomic mass is 10.0. The van der Waals surface area contributed by atoms with E-state index in [2.05, 4.69) is 33.3 Å². The van der Waals surface area contributed by atoms with E-state index >= 15 is 4.39 Å². The van der Waals surface area contributed by atoms with Crippen molar-refractivity contribution in [2.45, 2.75) is 26.4 Å². The van der Waals surface area contributed by atoms with Gasteiger partial charge in [-0.15, -0.1) is 0 Å². The predicted octanol–water partition coefficient (Wildman–Crippen LogP) is 5.31. The highest BCUT2D eigenvalue weighted by molar-refractivity contribution is 9.10. The van der Waals surface area contributed by atoms with E-state index in [0.717, 1.165) is 4.47 Å². The van der Waals surface area contributed by atoms with Gasteiger partial charge in [0, 0.05) is 22.8 Å². The number of amides is 1. The molecule has 30 heavy (non-hydrogen) atoms. The molecule has 2 aromatic carbocycles. The molecular weight excluding hydrogens is 477 g/mol. The van der Waals surface area contributed by atoms with Crippen LogP contribution < -0.4 is 15.7 Å². The smallest absolute Gasteiger partial charge is 0.277 e. The second-order valence-corrected chi connectivity index (χ2v) is 8.57. The summed E-state index contributed by atoms with van der Waals surface area (Å²) in [6, 6.07) is 6.59. The van der Waals surface area contributed by atoms with Gasteiger partial charge in [-0.3, -0.25) is 9.63 Å². The zero-order chi connectivity index (χ0) is 22.6. The van der Waals surface area contributed by atoms with Gasteiger partial charge in [0.25, 0.3) is 5.91 Å². The van der Waals surface area contributed by atoms with Gasteiger partial charge in [-0.1, -0.05) is 34.1 Å². The lowest BCUT2D eigenvalue weighted by molar-refractivity contribution is -0.0956. The first-order valence-electron chi connectivity index (χ1n) is 9.00. The third-order valence-corrected chi connectivity index (χ3v) is 5.18. The summed E-state index contributed by atoms with van der Waals surface area (Å²) in [5.74, 6) is -1.31. The van der Waals surface area contributed by atoms with Crippen LogP contribution in [0.2, 0.25) is 5.02 Å². The molecule has 0 bridgehead atoms. The Kier molecular flexibility index (Phi) is 7.87. The highest BCUT2D eigenvalue weighted by Gasteiger charge is 2.25. The summed E-state index contributed by atoms with van der Waals surface area (Å²) in [5.41, 5.74) is 2.41. The fourth-order valence-electron chi connectivity index (χ4n) is 2.50. The fourth-order valence-corrected chi connectivity index (χ4v) is 3.22. The Morgan fingerprint density at radius 1 is 1.43 bits per heavy atom. The summed E-state index contributed by atoms with van der Waals surface area (Å²) in [6.45, 7) is 8.16. The van der Waals surface area contributed by atoms with E-state index in [1.54, 1.807) is 50.9 Å². The molecular formula is C21H24BrClFN3O3. The number of aliphatic hydroxyl groups excluding tert-OH is 1. The first-order valence-corrected chi connectivity index (χ1v) is 10.2. The second-order valence-electron chi connectivity index (χ2n) is 7.25. The lowest BCUT2D eigenvalue weighted by Gasteiger charge is -2.24. The summed E-state index contributed by atoms with van der Waals surface area (Å²) in [7, 11) is 1.69. The van der Waals surface area contributed by atoms with Crippen molar-refractivity contribution >= 4 is 50.5 Å². The number of carbonyl (C=O) groups is 1. The second kappa shape index (κ2) is 9.78. The van der Waals surface area contributed by atoms with Crippen LogP contribution in [-0.4, -0.2) is 30.3 Å². The van der Waals surface area contributed by atoms with Crippen LogP contribution in [0.3, 0.4) is 0 Å². The number of hydrogen-bond acceptors (Lipinski definition) is 5. The number of aliphatic hydroxyl groups is 1. The summed E-state index contributed by atoms with van der Waals surface area (Å²) in [6.07, 6.45) is 1.51. The van der Waals surface area contributed by atoms with E-state index in [1.807, 2.05) is 0 Å². The molecule has 0 atom stereocenters. The van der Waals surface area contributed by atoms with Crippen molar-refractivity contribution < 1.29 is 19.1 Å². The normalized spacial score (nSPS) is 11.2. The first kappa shape index (κ1) is 24.1. The number of nitrogens with zero attached hydrogens (tertiary/aromatic N) is 1. The maximum absolute atomic E-state index is 15.4. The summed E-state index contributed by atoms with van der Waals surface area (Å²) in [4.78, 5) is 19.7. The number of carbonyl (C=O) groups excluding carboxylic acids is 1. The fraction of sp³-hybridized carbons (Fsp3) is 0.286. The van der Waals surface area contributed by atoms with Crippen LogP contribution in [0.4, 0.5) is 21.5 Å². The quantitative estimate of drug-likeness (QED) is 0.429. The molecule has 0 aliphatic carbocycles. The van der Waals surface area contributed by atoms with Crippen LogP contribution in [0, 0.1) is 12.7 Å². The topological polar surface area (TPSA) is 73.8 Å². The van der Waals surface area contributed by atoms with Gasteiger partial charge in [0.2, 0.25) is 0 Å². The van der Waals surface area contributed by atoms with Gasteiger partial charge in [0.05, 0.1) is 28.6 Å². The number of anilines is 3. The lowest BCUT2D eigenvalue weighted by Crippen LogP contribution is -2.38. The van der Waals surface area contributed by atoms with Crippen molar-refractivity contribution in [2.75, 3.05) is 23.9 Å². The van der Waals surface area contributed by atoms with Gasteiger partial charge < -0.3 is 15.3 Å². The Morgan fingerprint density at radius 3 is 2.67 bits per heavy atom. The Labute approximate surface area is 188 Å². The van der Waals surface area contributed by atoms with Crippen LogP contribution >= 0.6 is 27.5 Å². The molecule has 2 aromatic rings. The molecule has 9 heteroatoms. The van der Waals surface area contributed by atoms with Gasteiger partial charge in [0.15, 0.2) is 5.82 Å². The molecule has 0 spiro atoms. The van der Waals surface area contributed by atoms with Crippen molar-refractivity contribution in [1.29, 1.82) is 0 Å². The van der Waals surface area contributed by atoms with Gasteiger partial charge >= 0.3 is 0 Å². The van der Waals surface area contributed by atoms with Crippen LogP contribution in [0.5, 0.6) is 0 Å². The largest absolute Gasteiger partial charge is 0.393 e. The molecule has 0 aromatic heterocycles. The van der Waals surface area contributed by atoms with Crippen LogP contribution in [-0.2, 0) is 4.84 Å². The minimum Gasteiger partial charge on any atom is -0.393 e. The molecule has 0 radical (unpaired) electrons. The van der Waals surface area contributed by atoms with Gasteiger partial charge in [-0.25, -0.2) is 9.87 Å². The number of benzene rings is 2. The first-order chi connectivity index (χ1) is 14.0. The summed E-state index contributed by atoms with van der Waals surface area (Å²) in [5, 5.41) is 12.6. The van der Waals surface area contributed by atoms with E-state index < -0.39 is 17.3 Å². The number of nitrogens with one attached hydrogen (secondary N) is 2. The van der Waals surface area contributed by atoms with E-state index in [-0.39, 0.29) is 17.9 Å². The minimum absolute atomic E-state index is 0.00507. The van der Waals surface area contributed by atoms with E-state index in [1.165, 1.54) is 12.3 Å². The van der Waals surface area contributed by atoms with Crippen molar-refractivity contribution in [3.63, 3.8) is 0 Å². The molecule has 0 unspecified atom stereocenters. The Hall–Kier alpha value is -2.13. The average Bonchev–Trinajstić information content (AvgIpc) is 2.71. The van der Waals surface area contributed by atoms with Gasteiger partial charge in [-0.2, -0.15) is 0 Å². The monoisotopic (exact) mass is 499 g/mol.